The third-order valence-corrected chi connectivity index (χ3v) is 6.60. The van der Waals surface area contributed by atoms with Gasteiger partial charge in [0.2, 0.25) is 5.95 Å². The number of aliphatic imine (C=N–C) groups is 1. The van der Waals surface area contributed by atoms with Crippen molar-refractivity contribution in [2.24, 2.45) is 21.7 Å². The number of rotatable bonds is 10. The molecule has 0 amide bonds. The molecule has 0 aliphatic carbocycles. The van der Waals surface area contributed by atoms with Crippen molar-refractivity contribution in [1.29, 1.82) is 0 Å². The number of allylic oxidation sites excluding steroid dienone is 1. The van der Waals surface area contributed by atoms with Crippen molar-refractivity contribution in [3.63, 3.8) is 0 Å². The largest absolute Gasteiger partial charge is 0.494 e. The quantitative estimate of drug-likeness (QED) is 0.183. The third kappa shape index (κ3) is 5.64. The molecule has 10 nitrogen and oxygen atoms in total. The van der Waals surface area contributed by atoms with Gasteiger partial charge in [0.05, 0.1) is 31.2 Å². The van der Waals surface area contributed by atoms with Crippen LogP contribution in [0.3, 0.4) is 0 Å². The number of nitrogens with zero attached hydrogens (tertiary/aromatic N) is 6. The number of benzene rings is 1. The Kier molecular flexibility index (Phi) is 8.62. The highest BCUT2D eigenvalue weighted by molar-refractivity contribution is 5.98. The summed E-state index contributed by atoms with van der Waals surface area (Å²) in [6, 6.07) is 7.60. The summed E-state index contributed by atoms with van der Waals surface area (Å²) >= 11 is 0. The summed E-state index contributed by atoms with van der Waals surface area (Å²) in [6.07, 6.45) is 11.4. The molecule has 0 saturated heterocycles. The molecular weight excluding hydrogens is 480 g/mol. The molecular formula is C28H34N8O2. The number of nitrogens with two attached hydrogens (primary N) is 2. The average Bonchev–Trinajstić information content (AvgIpc) is 2.97. The van der Waals surface area contributed by atoms with Gasteiger partial charge in [-0.15, -0.1) is 0 Å². The van der Waals surface area contributed by atoms with Crippen LogP contribution in [0.25, 0.3) is 5.95 Å². The maximum Gasteiger partial charge on any atom is 0.264 e. The summed E-state index contributed by atoms with van der Waals surface area (Å²) in [5.74, 6) is 7.13. The molecule has 1 atom stereocenters. The topological polar surface area (TPSA) is 147 Å². The van der Waals surface area contributed by atoms with E-state index >= 15 is 0 Å². The molecule has 4 rings (SSSR count). The lowest BCUT2D eigenvalue weighted by molar-refractivity contribution is 0.410. The zero-order valence-corrected chi connectivity index (χ0v) is 22.1. The van der Waals surface area contributed by atoms with Crippen molar-refractivity contribution in [3.05, 3.63) is 86.9 Å². The van der Waals surface area contributed by atoms with E-state index in [1.807, 2.05) is 37.4 Å². The lowest BCUT2D eigenvalue weighted by Gasteiger charge is -2.20. The van der Waals surface area contributed by atoms with Crippen LogP contribution < -0.4 is 21.9 Å². The highest BCUT2D eigenvalue weighted by Crippen LogP contribution is 2.29. The molecule has 1 aromatic carbocycles. The Morgan fingerprint density at radius 1 is 1.21 bits per heavy atom. The second kappa shape index (κ2) is 12.3. The number of amidine groups is 1. The highest BCUT2D eigenvalue weighted by Gasteiger charge is 2.22. The Morgan fingerprint density at radius 2 is 1.97 bits per heavy atom. The van der Waals surface area contributed by atoms with Crippen molar-refractivity contribution < 1.29 is 4.74 Å². The van der Waals surface area contributed by atoms with Gasteiger partial charge in [0.15, 0.2) is 11.6 Å². The van der Waals surface area contributed by atoms with Gasteiger partial charge in [-0.05, 0) is 30.4 Å². The molecule has 0 radical (unpaired) electrons. The Morgan fingerprint density at radius 3 is 2.61 bits per heavy atom. The summed E-state index contributed by atoms with van der Waals surface area (Å²) in [7, 11) is 1.55. The normalized spacial score (nSPS) is 15.4. The van der Waals surface area contributed by atoms with Gasteiger partial charge in [0, 0.05) is 30.2 Å². The fourth-order valence-corrected chi connectivity index (χ4v) is 4.53. The van der Waals surface area contributed by atoms with Crippen molar-refractivity contribution >= 4 is 12.1 Å². The molecule has 1 aliphatic rings. The van der Waals surface area contributed by atoms with E-state index in [-0.39, 0.29) is 23.4 Å². The monoisotopic (exact) mass is 514 g/mol. The number of hydrazone groups is 1. The smallest absolute Gasteiger partial charge is 0.264 e. The second-order valence-electron chi connectivity index (χ2n) is 9.06. The number of dihydropyridines is 1. The van der Waals surface area contributed by atoms with Crippen LogP contribution in [0.15, 0.2) is 63.2 Å². The van der Waals surface area contributed by atoms with Crippen molar-refractivity contribution in [2.45, 2.75) is 58.4 Å². The highest BCUT2D eigenvalue weighted by atomic mass is 16.5. The Labute approximate surface area is 222 Å². The number of hydrogen-bond acceptors (Lipinski definition) is 8. The molecule has 2 aromatic heterocycles. The third-order valence-electron chi connectivity index (χ3n) is 6.60. The number of methoxy groups -OCH3 is 1. The van der Waals surface area contributed by atoms with Crippen LogP contribution in [0.1, 0.15) is 67.4 Å². The van der Waals surface area contributed by atoms with Gasteiger partial charge in [-0.2, -0.15) is 5.10 Å². The van der Waals surface area contributed by atoms with Crippen LogP contribution in [0, 0.1) is 0 Å². The Balaban J connectivity index is 1.68. The summed E-state index contributed by atoms with van der Waals surface area (Å²) in [4.78, 5) is 32.3. The number of hydrogen-bond donors (Lipinski definition) is 2. The molecule has 1 aliphatic heterocycles. The van der Waals surface area contributed by atoms with Gasteiger partial charge in [-0.25, -0.2) is 19.5 Å². The minimum absolute atomic E-state index is 0.111. The van der Waals surface area contributed by atoms with E-state index in [9.17, 15) is 4.79 Å². The summed E-state index contributed by atoms with van der Waals surface area (Å²) in [5.41, 5.74) is 10.0. The van der Waals surface area contributed by atoms with E-state index in [1.165, 1.54) is 4.57 Å². The number of ether oxygens (including phenoxy) is 1. The summed E-state index contributed by atoms with van der Waals surface area (Å²) < 4.78 is 6.69. The van der Waals surface area contributed by atoms with Crippen LogP contribution in [0.2, 0.25) is 0 Å². The zero-order valence-electron chi connectivity index (χ0n) is 22.1. The van der Waals surface area contributed by atoms with E-state index in [4.69, 9.17) is 26.3 Å². The van der Waals surface area contributed by atoms with Crippen LogP contribution in [-0.4, -0.2) is 38.7 Å². The zero-order chi connectivity index (χ0) is 27.1. The minimum atomic E-state index is -0.151. The number of aromatic nitrogens is 4. The molecule has 10 heteroatoms. The molecule has 198 valence electrons. The molecule has 1 unspecified atom stereocenters. The average molecular weight is 515 g/mol. The van der Waals surface area contributed by atoms with E-state index < -0.39 is 0 Å². The first-order valence-electron chi connectivity index (χ1n) is 12.9. The first kappa shape index (κ1) is 26.7. The fraction of sp³-hybridized carbons (Fsp3) is 0.357. The lowest BCUT2D eigenvalue weighted by atomic mass is 9.93. The predicted octanol–water partition coefficient (Wildman–Crippen LogP) is 3.20. The summed E-state index contributed by atoms with van der Waals surface area (Å²) in [5, 5.41) is 3.65. The van der Waals surface area contributed by atoms with E-state index in [1.54, 1.807) is 19.5 Å². The van der Waals surface area contributed by atoms with Gasteiger partial charge >= 0.3 is 0 Å². The Hall–Kier alpha value is -4.34. The SMILES string of the molecule is CCCCc1nc(CC)n(-c2ncc(OC)cn2)c(=O)c1CC1=CCC(c2ccccc2/C(N)=N/N)N=C1. The molecule has 3 heterocycles. The first-order valence-corrected chi connectivity index (χ1v) is 12.9. The van der Waals surface area contributed by atoms with Gasteiger partial charge in [0.25, 0.3) is 5.56 Å². The molecule has 3 aromatic rings. The molecule has 38 heavy (non-hydrogen) atoms. The molecule has 0 spiro atoms. The fourth-order valence-electron chi connectivity index (χ4n) is 4.53. The van der Waals surface area contributed by atoms with Crippen LogP contribution in [0.4, 0.5) is 0 Å². The lowest BCUT2D eigenvalue weighted by Crippen LogP contribution is -2.30. The minimum Gasteiger partial charge on any atom is -0.494 e. The van der Waals surface area contributed by atoms with E-state index in [2.05, 4.69) is 28.1 Å². The summed E-state index contributed by atoms with van der Waals surface area (Å²) in [6.45, 7) is 4.10. The Bertz CT molecular complexity index is 1420. The number of aryl methyl sites for hydroxylation is 2. The van der Waals surface area contributed by atoms with E-state index in [0.717, 1.165) is 41.7 Å². The molecule has 4 N–H and O–H groups in total. The second-order valence-corrected chi connectivity index (χ2v) is 9.06. The predicted molar refractivity (Wildman–Crippen MR) is 149 cm³/mol. The van der Waals surface area contributed by atoms with Crippen LogP contribution in [-0.2, 0) is 19.3 Å². The van der Waals surface area contributed by atoms with Crippen LogP contribution in [0.5, 0.6) is 5.75 Å². The van der Waals surface area contributed by atoms with Gasteiger partial charge < -0.3 is 16.3 Å². The van der Waals surface area contributed by atoms with Gasteiger partial charge in [-0.1, -0.05) is 50.6 Å². The molecule has 0 fully saturated rings. The first-order chi connectivity index (χ1) is 18.5. The van der Waals surface area contributed by atoms with Gasteiger partial charge in [0.1, 0.15) is 5.82 Å². The molecule has 0 saturated carbocycles. The van der Waals surface area contributed by atoms with Crippen molar-refractivity contribution in [1.82, 2.24) is 19.5 Å². The maximum absolute atomic E-state index is 13.9. The van der Waals surface area contributed by atoms with Crippen LogP contribution >= 0.6 is 0 Å². The van der Waals surface area contributed by atoms with Crippen molar-refractivity contribution in [2.75, 3.05) is 7.11 Å². The van der Waals surface area contributed by atoms with E-state index in [0.29, 0.717) is 36.4 Å². The number of unbranched alkanes of at least 4 members (excludes halogenated alkanes) is 1. The van der Waals surface area contributed by atoms with Crippen molar-refractivity contribution in [3.8, 4) is 11.7 Å². The standard InChI is InChI=1S/C28H34N8O2/c1-4-6-11-24-22(27(37)36(25(5-2)34-24)28-32-16-19(38-3)17-33-28)14-18-12-13-23(31-15-18)20-9-7-8-10-21(20)26(29)35-30/h7-10,12,15-17,23H,4-6,11,13-14,30H2,1-3H3,(H2,29,35). The maximum atomic E-state index is 13.9. The van der Waals surface area contributed by atoms with Gasteiger partial charge in [-0.3, -0.25) is 9.79 Å². The molecule has 0 bridgehead atoms.